The topological polar surface area (TPSA) is 70.9 Å². The van der Waals surface area contributed by atoms with E-state index in [9.17, 15) is 5.26 Å². The van der Waals surface area contributed by atoms with Gasteiger partial charge in [-0.3, -0.25) is 0 Å². The molecule has 0 aliphatic rings. The molecule has 4 aromatic rings. The molecule has 0 saturated carbocycles. The number of ether oxygens (including phenoxy) is 2. The van der Waals surface area contributed by atoms with E-state index in [1.165, 1.54) is 0 Å². The Morgan fingerprint density at radius 3 is 2.67 bits per heavy atom. The number of hydrogen-bond donors (Lipinski definition) is 1. The number of aromatic amines is 1. The molecule has 0 saturated heterocycles. The minimum Gasteiger partial charge on any atom is -0.493 e. The van der Waals surface area contributed by atoms with Crippen LogP contribution in [0.15, 0.2) is 66.7 Å². The second-order valence-corrected chi connectivity index (χ2v) is 6.96. The molecule has 0 unspecified atom stereocenters. The van der Waals surface area contributed by atoms with Gasteiger partial charge in [-0.2, -0.15) is 5.26 Å². The number of hydrogen-bond acceptors (Lipinski definition) is 4. The normalized spacial score (nSPS) is 11.3. The lowest BCUT2D eigenvalue weighted by atomic mass is 10.1. The average molecular weight is 395 g/mol. The highest BCUT2D eigenvalue weighted by Crippen LogP contribution is 2.30. The molecule has 0 atom stereocenters. The zero-order valence-corrected chi connectivity index (χ0v) is 16.8. The fraction of sp³-hybridized carbons (Fsp3) is 0.120. The van der Waals surface area contributed by atoms with Crippen LogP contribution in [-0.4, -0.2) is 17.1 Å². The quantitative estimate of drug-likeness (QED) is 0.436. The molecule has 3 aromatic carbocycles. The van der Waals surface area contributed by atoms with Crippen LogP contribution in [0.3, 0.4) is 0 Å². The third-order valence-corrected chi connectivity index (χ3v) is 4.75. The van der Waals surface area contributed by atoms with Gasteiger partial charge in [0.15, 0.2) is 11.5 Å². The Labute approximate surface area is 175 Å². The predicted octanol–water partition coefficient (Wildman–Crippen LogP) is 5.52. The first-order chi connectivity index (χ1) is 14.7. The Hall–Kier alpha value is -4.04. The van der Waals surface area contributed by atoms with Crippen LogP contribution in [0.25, 0.3) is 22.7 Å². The van der Waals surface area contributed by atoms with Crippen LogP contribution in [0, 0.1) is 18.3 Å². The average Bonchev–Trinajstić information content (AvgIpc) is 3.20. The first-order valence-corrected chi connectivity index (χ1v) is 9.59. The van der Waals surface area contributed by atoms with Crippen molar-refractivity contribution < 1.29 is 9.47 Å². The molecule has 5 nitrogen and oxygen atoms in total. The van der Waals surface area contributed by atoms with Crippen molar-refractivity contribution in [3.05, 3.63) is 89.2 Å². The number of fused-ring (bicyclic) bond motifs is 1. The molecule has 0 aliphatic carbocycles. The summed E-state index contributed by atoms with van der Waals surface area (Å²) in [7, 11) is 1.60. The minimum absolute atomic E-state index is 0.448. The number of H-pyrrole nitrogens is 1. The summed E-state index contributed by atoms with van der Waals surface area (Å²) in [5, 5.41) is 9.68. The van der Waals surface area contributed by atoms with Crippen molar-refractivity contribution in [2.75, 3.05) is 7.11 Å². The number of aryl methyl sites for hydroxylation is 1. The first-order valence-electron chi connectivity index (χ1n) is 9.59. The number of imidazole rings is 1. The van der Waals surface area contributed by atoms with Gasteiger partial charge in [-0.15, -0.1) is 0 Å². The number of nitrogens with one attached hydrogen (secondary N) is 1. The Balaban J connectivity index is 1.60. The lowest BCUT2D eigenvalue weighted by Gasteiger charge is -2.11. The molecule has 0 radical (unpaired) electrons. The van der Waals surface area contributed by atoms with E-state index in [2.05, 4.69) is 16.0 Å². The number of benzene rings is 3. The van der Waals surface area contributed by atoms with Crippen LogP contribution in [0.2, 0.25) is 0 Å². The summed E-state index contributed by atoms with van der Waals surface area (Å²) >= 11 is 0. The highest BCUT2D eigenvalue weighted by molar-refractivity contribution is 5.90. The molecule has 5 heteroatoms. The molecular formula is C25H21N3O2. The minimum atomic E-state index is 0.448. The SMILES string of the molecule is COc1cc(C=C(C#N)c2nc3ccc(C)cc3[nH]2)ccc1OCc1ccccc1. The zero-order chi connectivity index (χ0) is 20.9. The van der Waals surface area contributed by atoms with Crippen molar-refractivity contribution in [1.29, 1.82) is 5.26 Å². The molecule has 0 fully saturated rings. The van der Waals surface area contributed by atoms with Crippen LogP contribution in [0.1, 0.15) is 22.5 Å². The van der Waals surface area contributed by atoms with E-state index in [0.29, 0.717) is 29.5 Å². The van der Waals surface area contributed by atoms with Gasteiger partial charge in [0.25, 0.3) is 0 Å². The van der Waals surface area contributed by atoms with Crippen LogP contribution in [0.4, 0.5) is 0 Å². The summed E-state index contributed by atoms with van der Waals surface area (Å²) in [4.78, 5) is 7.77. The summed E-state index contributed by atoms with van der Waals surface area (Å²) in [6.45, 7) is 2.48. The molecule has 0 spiro atoms. The van der Waals surface area contributed by atoms with Crippen molar-refractivity contribution in [1.82, 2.24) is 9.97 Å². The lowest BCUT2D eigenvalue weighted by molar-refractivity contribution is 0.284. The number of nitrogens with zero attached hydrogens (tertiary/aromatic N) is 2. The molecular weight excluding hydrogens is 374 g/mol. The molecule has 0 aliphatic heterocycles. The van der Waals surface area contributed by atoms with Gasteiger partial charge in [-0.1, -0.05) is 42.5 Å². The van der Waals surface area contributed by atoms with E-state index in [1.807, 2.05) is 73.7 Å². The Morgan fingerprint density at radius 2 is 1.90 bits per heavy atom. The van der Waals surface area contributed by atoms with Gasteiger partial charge in [0.1, 0.15) is 18.5 Å². The third kappa shape index (κ3) is 4.18. The fourth-order valence-electron chi connectivity index (χ4n) is 3.20. The van der Waals surface area contributed by atoms with E-state index in [4.69, 9.17) is 9.47 Å². The smallest absolute Gasteiger partial charge is 0.161 e. The molecule has 1 N–H and O–H groups in total. The fourth-order valence-corrected chi connectivity index (χ4v) is 3.20. The predicted molar refractivity (Wildman–Crippen MR) is 118 cm³/mol. The van der Waals surface area contributed by atoms with Gasteiger partial charge in [0.2, 0.25) is 0 Å². The highest BCUT2D eigenvalue weighted by atomic mass is 16.5. The first kappa shape index (κ1) is 19.3. The van der Waals surface area contributed by atoms with Gasteiger partial charge >= 0.3 is 0 Å². The van der Waals surface area contributed by atoms with Crippen molar-refractivity contribution in [2.45, 2.75) is 13.5 Å². The molecule has 0 amide bonds. The molecule has 1 heterocycles. The van der Waals surface area contributed by atoms with Crippen molar-refractivity contribution in [3.8, 4) is 17.6 Å². The van der Waals surface area contributed by atoms with Crippen LogP contribution in [-0.2, 0) is 6.61 Å². The maximum Gasteiger partial charge on any atom is 0.161 e. The number of allylic oxidation sites excluding steroid dienone is 1. The van der Waals surface area contributed by atoms with E-state index in [1.54, 1.807) is 13.2 Å². The largest absolute Gasteiger partial charge is 0.493 e. The van der Waals surface area contributed by atoms with Crippen molar-refractivity contribution in [2.24, 2.45) is 0 Å². The van der Waals surface area contributed by atoms with Gasteiger partial charge in [-0.25, -0.2) is 4.98 Å². The molecule has 1 aromatic heterocycles. The number of aromatic nitrogens is 2. The summed E-state index contributed by atoms with van der Waals surface area (Å²) in [6.07, 6.45) is 1.79. The molecule has 30 heavy (non-hydrogen) atoms. The third-order valence-electron chi connectivity index (χ3n) is 4.75. The zero-order valence-electron chi connectivity index (χ0n) is 16.8. The molecule has 148 valence electrons. The number of rotatable bonds is 6. The lowest BCUT2D eigenvalue weighted by Crippen LogP contribution is -1.97. The second-order valence-electron chi connectivity index (χ2n) is 6.96. The number of nitriles is 1. The summed E-state index contributed by atoms with van der Waals surface area (Å²) < 4.78 is 11.4. The highest BCUT2D eigenvalue weighted by Gasteiger charge is 2.10. The standard InChI is InChI=1S/C25H21N3O2/c1-17-8-10-21-22(12-17)28-25(27-21)20(15-26)13-19-9-11-23(24(14-19)29-2)30-16-18-6-4-3-5-7-18/h3-14H,16H2,1-2H3,(H,27,28). The second kappa shape index (κ2) is 8.54. The Morgan fingerprint density at radius 1 is 1.07 bits per heavy atom. The van der Waals surface area contributed by atoms with E-state index >= 15 is 0 Å². The Bertz CT molecular complexity index is 1250. The van der Waals surface area contributed by atoms with E-state index in [-0.39, 0.29) is 0 Å². The maximum atomic E-state index is 9.68. The van der Waals surface area contributed by atoms with Crippen molar-refractivity contribution >= 4 is 22.7 Å². The summed E-state index contributed by atoms with van der Waals surface area (Å²) in [6, 6.07) is 23.8. The summed E-state index contributed by atoms with van der Waals surface area (Å²) in [5.74, 6) is 1.80. The van der Waals surface area contributed by atoms with Crippen LogP contribution < -0.4 is 9.47 Å². The van der Waals surface area contributed by atoms with Gasteiger partial charge < -0.3 is 14.5 Å². The Kier molecular flexibility index (Phi) is 5.49. The molecule has 4 rings (SSSR count). The van der Waals surface area contributed by atoms with Gasteiger partial charge in [0.05, 0.1) is 23.7 Å². The van der Waals surface area contributed by atoms with Crippen LogP contribution >= 0.6 is 0 Å². The van der Waals surface area contributed by atoms with E-state index < -0.39 is 0 Å². The monoisotopic (exact) mass is 395 g/mol. The molecule has 0 bridgehead atoms. The van der Waals surface area contributed by atoms with E-state index in [0.717, 1.165) is 27.7 Å². The maximum absolute atomic E-state index is 9.68. The van der Waals surface area contributed by atoms with Crippen LogP contribution in [0.5, 0.6) is 11.5 Å². The summed E-state index contributed by atoms with van der Waals surface area (Å²) in [5.41, 5.74) is 5.23. The van der Waals surface area contributed by atoms with Crippen molar-refractivity contribution in [3.63, 3.8) is 0 Å². The number of methoxy groups -OCH3 is 1. The van der Waals surface area contributed by atoms with Gasteiger partial charge in [-0.05, 0) is 54.0 Å². The van der Waals surface area contributed by atoms with Gasteiger partial charge in [0, 0.05) is 0 Å².